The molecule has 1 fully saturated rings. The smallest absolute Gasteiger partial charge is 0.286 e. The van der Waals surface area contributed by atoms with Crippen LogP contribution < -0.4 is 0 Å². The average Bonchev–Trinajstić information content (AvgIpc) is 3.10. The van der Waals surface area contributed by atoms with E-state index in [0.717, 1.165) is 48.0 Å². The minimum absolute atomic E-state index is 0.111. The fourth-order valence-corrected chi connectivity index (χ4v) is 5.03. The van der Waals surface area contributed by atoms with Crippen LogP contribution in [-0.2, 0) is 11.2 Å². The lowest BCUT2D eigenvalue weighted by atomic mass is 9.90. The molecule has 0 radical (unpaired) electrons. The van der Waals surface area contributed by atoms with Gasteiger partial charge in [-0.25, -0.2) is 0 Å². The van der Waals surface area contributed by atoms with E-state index >= 15 is 0 Å². The normalized spacial score (nSPS) is 19.3. The quantitative estimate of drug-likeness (QED) is 0.505. The SMILES string of the molecule is CSc1ccc(/C=C2\SC(N3CCC(Cc4ccccc4)CC3)=NC2=O)cc1. The molecule has 144 valence electrons. The van der Waals surface area contributed by atoms with E-state index in [4.69, 9.17) is 0 Å². The van der Waals surface area contributed by atoms with Crippen LogP contribution in [0.25, 0.3) is 6.08 Å². The monoisotopic (exact) mass is 408 g/mol. The number of benzene rings is 2. The van der Waals surface area contributed by atoms with Crippen molar-refractivity contribution in [1.29, 1.82) is 0 Å². The lowest BCUT2D eigenvalue weighted by molar-refractivity contribution is -0.113. The van der Waals surface area contributed by atoms with E-state index in [9.17, 15) is 4.79 Å². The van der Waals surface area contributed by atoms with Crippen LogP contribution in [0.4, 0.5) is 0 Å². The number of aliphatic imine (C=N–C) groups is 1. The molecule has 2 aromatic carbocycles. The summed E-state index contributed by atoms with van der Waals surface area (Å²) in [5.41, 5.74) is 2.47. The van der Waals surface area contributed by atoms with Gasteiger partial charge in [0.05, 0.1) is 4.91 Å². The van der Waals surface area contributed by atoms with Crippen molar-refractivity contribution in [3.05, 3.63) is 70.6 Å². The molecule has 2 aliphatic rings. The van der Waals surface area contributed by atoms with Gasteiger partial charge in [-0.2, -0.15) is 4.99 Å². The largest absolute Gasteiger partial charge is 0.351 e. The molecule has 0 aliphatic carbocycles. The standard InChI is InChI=1S/C23H24N2OS2/c1-27-20-9-7-18(8-10-20)16-21-22(26)24-23(28-21)25-13-11-19(12-14-25)15-17-5-3-2-4-6-17/h2-10,16,19H,11-15H2,1H3/b21-16-. The number of piperidine rings is 1. The molecule has 2 heterocycles. The van der Waals surface area contributed by atoms with Gasteiger partial charge in [-0.3, -0.25) is 4.79 Å². The summed E-state index contributed by atoms with van der Waals surface area (Å²) in [4.78, 5) is 20.9. The Labute approximate surface area is 175 Å². The molecule has 0 bridgehead atoms. The van der Waals surface area contributed by atoms with Crippen LogP contribution in [-0.4, -0.2) is 35.3 Å². The number of hydrogen-bond donors (Lipinski definition) is 0. The van der Waals surface area contributed by atoms with Crippen LogP contribution >= 0.6 is 23.5 Å². The first kappa shape index (κ1) is 19.3. The fourth-order valence-electron chi connectivity index (χ4n) is 3.66. The van der Waals surface area contributed by atoms with Crippen LogP contribution in [0.5, 0.6) is 0 Å². The first-order valence-electron chi connectivity index (χ1n) is 9.67. The summed E-state index contributed by atoms with van der Waals surface area (Å²) in [5.74, 6) is 0.603. The van der Waals surface area contributed by atoms with Crippen molar-refractivity contribution >= 4 is 40.7 Å². The summed E-state index contributed by atoms with van der Waals surface area (Å²) in [6.45, 7) is 1.96. The van der Waals surface area contributed by atoms with Crippen LogP contribution in [0.2, 0.25) is 0 Å². The number of nitrogens with zero attached hydrogens (tertiary/aromatic N) is 2. The highest BCUT2D eigenvalue weighted by molar-refractivity contribution is 8.18. The molecule has 3 nitrogen and oxygen atoms in total. The van der Waals surface area contributed by atoms with E-state index in [2.05, 4.69) is 70.7 Å². The molecule has 2 aliphatic heterocycles. The maximum atomic E-state index is 12.4. The predicted octanol–water partition coefficient (Wildman–Crippen LogP) is 5.33. The fraction of sp³-hybridized carbons (Fsp3) is 0.304. The summed E-state index contributed by atoms with van der Waals surface area (Å²) in [6, 6.07) is 19.0. The van der Waals surface area contributed by atoms with Crippen molar-refractivity contribution in [1.82, 2.24) is 4.90 Å². The third kappa shape index (κ3) is 4.70. The zero-order chi connectivity index (χ0) is 19.3. The van der Waals surface area contributed by atoms with Gasteiger partial charge in [0.15, 0.2) is 5.17 Å². The lowest BCUT2D eigenvalue weighted by Gasteiger charge is -2.32. The van der Waals surface area contributed by atoms with Crippen molar-refractivity contribution in [3.63, 3.8) is 0 Å². The van der Waals surface area contributed by atoms with E-state index in [-0.39, 0.29) is 5.91 Å². The molecule has 4 rings (SSSR count). The highest BCUT2D eigenvalue weighted by Gasteiger charge is 2.29. The second-order valence-corrected chi connectivity index (χ2v) is 9.09. The number of likely N-dealkylation sites (tertiary alicyclic amines) is 1. The Morgan fingerprint density at radius 3 is 2.50 bits per heavy atom. The zero-order valence-electron chi connectivity index (χ0n) is 16.0. The van der Waals surface area contributed by atoms with Crippen LogP contribution in [0.1, 0.15) is 24.0 Å². The first-order chi connectivity index (χ1) is 13.7. The highest BCUT2D eigenvalue weighted by Crippen LogP contribution is 2.33. The number of carbonyl (C=O) groups excluding carboxylic acids is 1. The lowest BCUT2D eigenvalue weighted by Crippen LogP contribution is -2.37. The van der Waals surface area contributed by atoms with Gasteiger partial charge >= 0.3 is 0 Å². The van der Waals surface area contributed by atoms with Crippen molar-refractivity contribution in [3.8, 4) is 0 Å². The van der Waals surface area contributed by atoms with Crippen LogP contribution in [0, 0.1) is 5.92 Å². The zero-order valence-corrected chi connectivity index (χ0v) is 17.6. The Kier molecular flexibility index (Phi) is 6.23. The van der Waals surface area contributed by atoms with Crippen molar-refractivity contribution in [2.24, 2.45) is 10.9 Å². The third-order valence-corrected chi connectivity index (χ3v) is 7.06. The number of rotatable bonds is 4. The Balaban J connectivity index is 1.34. The van der Waals surface area contributed by atoms with Gasteiger partial charge in [0.25, 0.3) is 5.91 Å². The molecule has 0 N–H and O–H groups in total. The van der Waals surface area contributed by atoms with Gasteiger partial charge in [-0.1, -0.05) is 42.5 Å². The number of thioether (sulfide) groups is 2. The number of amides is 1. The molecule has 1 amide bonds. The Morgan fingerprint density at radius 1 is 1.11 bits per heavy atom. The molecule has 0 saturated carbocycles. The van der Waals surface area contributed by atoms with Crippen molar-refractivity contribution < 1.29 is 4.79 Å². The molecule has 5 heteroatoms. The van der Waals surface area contributed by atoms with E-state index in [1.807, 2.05) is 6.08 Å². The maximum absolute atomic E-state index is 12.4. The summed E-state index contributed by atoms with van der Waals surface area (Å²) in [7, 11) is 0. The minimum Gasteiger partial charge on any atom is -0.351 e. The van der Waals surface area contributed by atoms with Gasteiger partial charge in [0.2, 0.25) is 0 Å². The van der Waals surface area contributed by atoms with Gasteiger partial charge in [-0.15, -0.1) is 11.8 Å². The maximum Gasteiger partial charge on any atom is 0.286 e. The molecule has 0 spiro atoms. The number of carbonyl (C=O) groups is 1. The van der Waals surface area contributed by atoms with E-state index in [1.165, 1.54) is 22.2 Å². The Bertz CT molecular complexity index is 883. The molecule has 0 aromatic heterocycles. The van der Waals surface area contributed by atoms with Crippen LogP contribution in [0.15, 0.2) is 69.4 Å². The molecule has 0 atom stereocenters. The van der Waals surface area contributed by atoms with Gasteiger partial charge < -0.3 is 4.90 Å². The molecule has 2 aromatic rings. The average molecular weight is 409 g/mol. The Hall–Kier alpha value is -1.98. The Morgan fingerprint density at radius 2 is 1.82 bits per heavy atom. The number of hydrogen-bond acceptors (Lipinski definition) is 4. The topological polar surface area (TPSA) is 32.7 Å². The minimum atomic E-state index is -0.111. The van der Waals surface area contributed by atoms with Gasteiger partial charge in [-0.05, 0) is 72.5 Å². The van der Waals surface area contributed by atoms with E-state index < -0.39 is 0 Å². The second kappa shape index (κ2) is 9.01. The summed E-state index contributed by atoms with van der Waals surface area (Å²) in [6.07, 6.45) is 7.46. The van der Waals surface area contributed by atoms with Crippen molar-refractivity contribution in [2.75, 3.05) is 19.3 Å². The van der Waals surface area contributed by atoms with E-state index in [1.54, 1.807) is 11.8 Å². The third-order valence-electron chi connectivity index (χ3n) is 5.28. The molecular formula is C23H24N2OS2. The van der Waals surface area contributed by atoms with Gasteiger partial charge in [0.1, 0.15) is 0 Å². The summed E-state index contributed by atoms with van der Waals surface area (Å²) < 4.78 is 0. The molecular weight excluding hydrogens is 384 g/mol. The highest BCUT2D eigenvalue weighted by atomic mass is 32.2. The second-order valence-electron chi connectivity index (χ2n) is 7.20. The van der Waals surface area contributed by atoms with Crippen LogP contribution in [0.3, 0.4) is 0 Å². The predicted molar refractivity (Wildman–Crippen MR) is 121 cm³/mol. The molecule has 28 heavy (non-hydrogen) atoms. The molecule has 1 saturated heterocycles. The first-order valence-corrected chi connectivity index (χ1v) is 11.7. The summed E-state index contributed by atoms with van der Waals surface area (Å²) >= 11 is 3.24. The van der Waals surface area contributed by atoms with Gasteiger partial charge in [0, 0.05) is 18.0 Å². The number of amidine groups is 1. The molecule has 0 unspecified atom stereocenters. The van der Waals surface area contributed by atoms with Crippen molar-refractivity contribution in [2.45, 2.75) is 24.2 Å². The van der Waals surface area contributed by atoms with E-state index in [0.29, 0.717) is 5.92 Å². The summed E-state index contributed by atoms with van der Waals surface area (Å²) in [5, 5.41) is 0.871.